The minimum atomic E-state index is -4.59. The van der Waals surface area contributed by atoms with Crippen LogP contribution in [0.2, 0.25) is 0 Å². The molecule has 8 heteroatoms. The lowest BCUT2D eigenvalue weighted by molar-refractivity contribution is -0.138. The first-order valence-corrected chi connectivity index (χ1v) is 8.25. The molecule has 1 aliphatic heterocycles. The number of fused-ring (bicyclic) bond motifs is 1. The van der Waals surface area contributed by atoms with Crippen molar-refractivity contribution in [3.05, 3.63) is 65.2 Å². The van der Waals surface area contributed by atoms with Crippen LogP contribution in [0.1, 0.15) is 27.7 Å². The van der Waals surface area contributed by atoms with Crippen LogP contribution in [-0.2, 0) is 11.0 Å². The van der Waals surface area contributed by atoms with Crippen molar-refractivity contribution in [1.82, 2.24) is 10.2 Å². The number of likely N-dealkylation sites (N-methyl/N-ethyl adjacent to an activating group) is 1. The lowest BCUT2D eigenvalue weighted by Gasteiger charge is -2.44. The van der Waals surface area contributed by atoms with Crippen LogP contribution in [-0.4, -0.2) is 37.4 Å². The van der Waals surface area contributed by atoms with E-state index in [4.69, 9.17) is 0 Å². The summed E-state index contributed by atoms with van der Waals surface area (Å²) >= 11 is 0. The number of halogens is 3. The molecule has 0 saturated heterocycles. The van der Waals surface area contributed by atoms with Gasteiger partial charge in [0.1, 0.15) is 6.17 Å². The largest absolute Gasteiger partial charge is 0.416 e. The summed E-state index contributed by atoms with van der Waals surface area (Å²) in [5.41, 5.74) is -0.161. The molecule has 0 spiro atoms. The van der Waals surface area contributed by atoms with Gasteiger partial charge in [-0.2, -0.15) is 13.2 Å². The number of anilines is 1. The number of carbonyl (C=O) groups is 2. The molecular formula is C19H18F3N3O2. The quantitative estimate of drug-likeness (QED) is 0.895. The fraction of sp³-hybridized carbons (Fsp3) is 0.263. The number of carbonyl (C=O) groups excluding carboxylic acids is 2. The van der Waals surface area contributed by atoms with Gasteiger partial charge < -0.3 is 15.1 Å². The highest BCUT2D eigenvalue weighted by Crippen LogP contribution is 2.42. The van der Waals surface area contributed by atoms with E-state index in [-0.39, 0.29) is 18.0 Å². The van der Waals surface area contributed by atoms with E-state index in [1.165, 1.54) is 42.1 Å². The van der Waals surface area contributed by atoms with Crippen LogP contribution in [0.5, 0.6) is 0 Å². The zero-order valence-electron chi connectivity index (χ0n) is 14.7. The Balaban J connectivity index is 2.21. The van der Waals surface area contributed by atoms with Crippen LogP contribution in [0.15, 0.2) is 48.5 Å². The summed E-state index contributed by atoms with van der Waals surface area (Å²) < 4.78 is 40.7. The van der Waals surface area contributed by atoms with Crippen molar-refractivity contribution in [1.29, 1.82) is 0 Å². The van der Waals surface area contributed by atoms with Crippen molar-refractivity contribution in [2.24, 2.45) is 0 Å². The zero-order chi connectivity index (χ0) is 19.8. The maximum absolute atomic E-state index is 13.6. The van der Waals surface area contributed by atoms with E-state index in [0.717, 1.165) is 6.07 Å². The predicted octanol–water partition coefficient (Wildman–Crippen LogP) is 3.04. The van der Waals surface area contributed by atoms with Gasteiger partial charge in [0.15, 0.2) is 0 Å². The molecule has 0 radical (unpaired) electrons. The molecule has 2 aromatic rings. The Morgan fingerprint density at radius 1 is 1.11 bits per heavy atom. The maximum atomic E-state index is 13.6. The molecule has 1 atom stereocenters. The summed E-state index contributed by atoms with van der Waals surface area (Å²) in [6, 6.07) is 11.7. The maximum Gasteiger partial charge on any atom is 0.416 e. The van der Waals surface area contributed by atoms with Crippen LogP contribution in [0.4, 0.5) is 18.9 Å². The van der Waals surface area contributed by atoms with Gasteiger partial charge >= 0.3 is 6.18 Å². The first kappa shape index (κ1) is 18.8. The summed E-state index contributed by atoms with van der Waals surface area (Å²) in [5, 5.41) is 2.48. The number of amides is 2. The summed E-state index contributed by atoms with van der Waals surface area (Å²) in [4.78, 5) is 27.6. The minimum absolute atomic E-state index is 0.0840. The fourth-order valence-corrected chi connectivity index (χ4v) is 3.31. The lowest BCUT2D eigenvalue weighted by atomic mass is 9.97. The molecular weight excluding hydrogens is 359 g/mol. The average Bonchev–Trinajstić information content (AvgIpc) is 2.65. The van der Waals surface area contributed by atoms with Crippen molar-refractivity contribution in [3.63, 3.8) is 0 Å². The Labute approximate surface area is 154 Å². The normalized spacial score (nSPS) is 16.9. The van der Waals surface area contributed by atoms with Crippen LogP contribution in [0.25, 0.3) is 0 Å². The Kier molecular flexibility index (Phi) is 4.82. The molecule has 142 valence electrons. The Hall–Kier alpha value is -3.03. The van der Waals surface area contributed by atoms with Gasteiger partial charge in [0.05, 0.1) is 23.4 Å². The van der Waals surface area contributed by atoms with Crippen molar-refractivity contribution < 1.29 is 22.8 Å². The third-order valence-electron chi connectivity index (χ3n) is 4.56. The van der Waals surface area contributed by atoms with Crippen LogP contribution in [0.3, 0.4) is 0 Å². The summed E-state index contributed by atoms with van der Waals surface area (Å²) in [5.74, 6) is -0.775. The van der Waals surface area contributed by atoms with E-state index >= 15 is 0 Å². The van der Waals surface area contributed by atoms with E-state index in [9.17, 15) is 22.8 Å². The fourth-order valence-electron chi connectivity index (χ4n) is 3.31. The number of rotatable bonds is 3. The van der Waals surface area contributed by atoms with Gasteiger partial charge in [-0.1, -0.05) is 30.3 Å². The zero-order valence-corrected chi connectivity index (χ0v) is 14.7. The average molecular weight is 377 g/mol. The van der Waals surface area contributed by atoms with E-state index < -0.39 is 23.8 Å². The molecule has 1 aliphatic rings. The van der Waals surface area contributed by atoms with Crippen LogP contribution < -0.4 is 10.2 Å². The molecule has 1 heterocycles. The summed E-state index contributed by atoms with van der Waals surface area (Å²) in [7, 11) is 2.89. The molecule has 0 aliphatic carbocycles. The summed E-state index contributed by atoms with van der Waals surface area (Å²) in [6.45, 7) is -0.192. The van der Waals surface area contributed by atoms with Crippen molar-refractivity contribution >= 4 is 17.5 Å². The van der Waals surface area contributed by atoms with Crippen molar-refractivity contribution in [3.8, 4) is 0 Å². The monoisotopic (exact) mass is 377 g/mol. The molecule has 0 bridgehead atoms. The lowest BCUT2D eigenvalue weighted by Crippen LogP contribution is -2.51. The number of nitrogens with zero attached hydrogens (tertiary/aromatic N) is 2. The topological polar surface area (TPSA) is 52.7 Å². The third kappa shape index (κ3) is 3.34. The number of hydrogen-bond donors (Lipinski definition) is 1. The molecule has 0 fully saturated rings. The van der Waals surface area contributed by atoms with Crippen LogP contribution >= 0.6 is 0 Å². The van der Waals surface area contributed by atoms with E-state index in [1.54, 1.807) is 24.3 Å². The first-order chi connectivity index (χ1) is 12.8. The van der Waals surface area contributed by atoms with Gasteiger partial charge in [-0.3, -0.25) is 9.59 Å². The highest BCUT2D eigenvalue weighted by molar-refractivity contribution is 6.02. The van der Waals surface area contributed by atoms with Gasteiger partial charge in [-0.05, 0) is 18.2 Å². The van der Waals surface area contributed by atoms with Gasteiger partial charge in [0.2, 0.25) is 5.91 Å². The van der Waals surface area contributed by atoms with Crippen molar-refractivity contribution in [2.45, 2.75) is 12.3 Å². The molecule has 1 unspecified atom stereocenters. The highest BCUT2D eigenvalue weighted by atomic mass is 19.4. The second-order valence-electron chi connectivity index (χ2n) is 6.19. The predicted molar refractivity (Wildman–Crippen MR) is 94.1 cm³/mol. The Morgan fingerprint density at radius 3 is 2.41 bits per heavy atom. The Bertz CT molecular complexity index is 882. The van der Waals surface area contributed by atoms with Gasteiger partial charge in [-0.15, -0.1) is 0 Å². The third-order valence-corrected chi connectivity index (χ3v) is 4.56. The smallest absolute Gasteiger partial charge is 0.358 e. The highest BCUT2D eigenvalue weighted by Gasteiger charge is 2.42. The van der Waals surface area contributed by atoms with Crippen LogP contribution in [0, 0.1) is 0 Å². The molecule has 27 heavy (non-hydrogen) atoms. The number of hydrogen-bond acceptors (Lipinski definition) is 3. The molecule has 3 rings (SSSR count). The second kappa shape index (κ2) is 6.94. The molecule has 5 nitrogen and oxygen atoms in total. The SMILES string of the molecule is CNC(=O)CN1c2ccccc2C(=O)N(C)C1c1ccccc1C(F)(F)F. The van der Waals surface area contributed by atoms with E-state index in [2.05, 4.69) is 5.32 Å². The van der Waals surface area contributed by atoms with Gasteiger partial charge in [0.25, 0.3) is 5.91 Å². The number of para-hydroxylation sites is 1. The molecule has 2 aromatic carbocycles. The molecule has 0 aromatic heterocycles. The van der Waals surface area contributed by atoms with Gasteiger partial charge in [-0.25, -0.2) is 0 Å². The van der Waals surface area contributed by atoms with E-state index in [0.29, 0.717) is 11.3 Å². The minimum Gasteiger partial charge on any atom is -0.358 e. The Morgan fingerprint density at radius 2 is 1.74 bits per heavy atom. The molecule has 2 amide bonds. The standard InChI is InChI=1S/C19H18F3N3O2/c1-23-16(26)11-25-15-10-6-4-8-13(15)18(27)24(2)17(25)12-7-3-5-9-14(12)19(20,21)22/h3-10,17H,11H2,1-2H3,(H,23,26). The molecule has 1 N–H and O–H groups in total. The first-order valence-electron chi connectivity index (χ1n) is 8.25. The number of benzene rings is 2. The van der Waals surface area contributed by atoms with Gasteiger partial charge in [0, 0.05) is 19.7 Å². The number of nitrogens with one attached hydrogen (secondary N) is 1. The summed E-state index contributed by atoms with van der Waals surface area (Å²) in [6.07, 6.45) is -5.65. The van der Waals surface area contributed by atoms with E-state index in [1.807, 2.05) is 0 Å². The van der Waals surface area contributed by atoms with Crippen molar-refractivity contribution in [2.75, 3.05) is 25.5 Å². The number of alkyl halides is 3. The molecule has 0 saturated carbocycles. The second-order valence-corrected chi connectivity index (χ2v) is 6.19.